The predicted octanol–water partition coefficient (Wildman–Crippen LogP) is 25.7. The predicted molar refractivity (Wildman–Crippen MR) is 358 cm³/mol. The van der Waals surface area contributed by atoms with Crippen molar-refractivity contribution in [2.24, 2.45) is 0 Å². The molecule has 0 saturated heterocycles. The summed E-state index contributed by atoms with van der Waals surface area (Å²) in [5, 5.41) is 0. The second kappa shape index (κ2) is 71.4. The fourth-order valence-electron chi connectivity index (χ4n) is 11.6. The number of rotatable bonds is 70. The van der Waals surface area contributed by atoms with E-state index in [9.17, 15) is 14.4 Å². The van der Waals surface area contributed by atoms with E-state index < -0.39 is 6.10 Å². The van der Waals surface area contributed by atoms with Gasteiger partial charge in [0.15, 0.2) is 6.10 Å². The number of esters is 3. The molecule has 484 valence electrons. The van der Waals surface area contributed by atoms with Crippen molar-refractivity contribution in [1.82, 2.24) is 0 Å². The van der Waals surface area contributed by atoms with Crippen LogP contribution in [0.25, 0.3) is 0 Å². The Morgan fingerprint density at radius 3 is 0.610 bits per heavy atom. The van der Waals surface area contributed by atoms with Gasteiger partial charge in [0.25, 0.3) is 0 Å². The van der Waals surface area contributed by atoms with Crippen LogP contribution in [-0.2, 0) is 28.6 Å². The number of hydrogen-bond acceptors (Lipinski definition) is 6. The highest BCUT2D eigenvalue weighted by molar-refractivity contribution is 5.71. The molecule has 0 aliphatic heterocycles. The van der Waals surface area contributed by atoms with Gasteiger partial charge in [-0.05, 0) is 70.6 Å². The fourth-order valence-corrected chi connectivity index (χ4v) is 11.6. The third-order valence-electron chi connectivity index (χ3n) is 17.2. The number of hydrogen-bond donors (Lipinski definition) is 0. The Labute approximate surface area is 513 Å². The van der Waals surface area contributed by atoms with Crippen LogP contribution in [-0.4, -0.2) is 37.2 Å². The van der Waals surface area contributed by atoms with Gasteiger partial charge in [0.1, 0.15) is 13.2 Å². The van der Waals surface area contributed by atoms with E-state index in [1.54, 1.807) is 0 Å². The van der Waals surface area contributed by atoms with Crippen molar-refractivity contribution < 1.29 is 28.6 Å². The van der Waals surface area contributed by atoms with Crippen molar-refractivity contribution in [3.8, 4) is 0 Å². The second-order valence-corrected chi connectivity index (χ2v) is 25.6. The average Bonchev–Trinajstić information content (AvgIpc) is 3.47. The maximum Gasteiger partial charge on any atom is 0.306 e. The summed E-state index contributed by atoms with van der Waals surface area (Å²) in [6.07, 6.45) is 88.2. The zero-order chi connectivity index (χ0) is 59.2. The molecule has 1 unspecified atom stereocenters. The van der Waals surface area contributed by atoms with E-state index in [1.807, 2.05) is 0 Å². The molecule has 1 atom stereocenters. The minimum Gasteiger partial charge on any atom is -0.462 e. The lowest BCUT2D eigenvalue weighted by molar-refractivity contribution is -0.167. The van der Waals surface area contributed by atoms with Gasteiger partial charge in [-0.25, -0.2) is 0 Å². The number of unbranched alkanes of at least 4 members (excludes halogenated alkanes) is 55. The van der Waals surface area contributed by atoms with Crippen LogP contribution in [0.15, 0.2) is 24.3 Å². The number of carbonyl (C=O) groups excluding carboxylic acids is 3. The molecular weight excluding hydrogens is 1010 g/mol. The summed E-state index contributed by atoms with van der Waals surface area (Å²) in [5.41, 5.74) is 0. The minimum atomic E-state index is -0.766. The van der Waals surface area contributed by atoms with E-state index in [0.717, 1.165) is 57.8 Å². The second-order valence-electron chi connectivity index (χ2n) is 25.6. The summed E-state index contributed by atoms with van der Waals surface area (Å²) in [6.45, 7) is 6.69. The van der Waals surface area contributed by atoms with Gasteiger partial charge in [-0.1, -0.05) is 360 Å². The Balaban J connectivity index is 4.02. The Bertz CT molecular complexity index is 1320. The van der Waals surface area contributed by atoms with Crippen molar-refractivity contribution in [2.45, 2.75) is 431 Å². The van der Waals surface area contributed by atoms with Crippen LogP contribution in [0.2, 0.25) is 0 Å². The van der Waals surface area contributed by atoms with Crippen LogP contribution < -0.4 is 0 Å². The van der Waals surface area contributed by atoms with Crippen molar-refractivity contribution in [3.05, 3.63) is 24.3 Å². The third kappa shape index (κ3) is 68.7. The number of allylic oxidation sites excluding steroid dienone is 4. The van der Waals surface area contributed by atoms with Gasteiger partial charge in [-0.2, -0.15) is 0 Å². The van der Waals surface area contributed by atoms with Gasteiger partial charge in [0.05, 0.1) is 0 Å². The van der Waals surface area contributed by atoms with Crippen LogP contribution in [0.3, 0.4) is 0 Å². The maximum atomic E-state index is 12.9. The molecule has 0 fully saturated rings. The molecule has 0 aromatic heterocycles. The Kier molecular flexibility index (Phi) is 69.5. The molecule has 0 rings (SSSR count). The van der Waals surface area contributed by atoms with Crippen LogP contribution >= 0.6 is 0 Å². The summed E-state index contributed by atoms with van der Waals surface area (Å²) in [6, 6.07) is 0. The smallest absolute Gasteiger partial charge is 0.306 e. The first kappa shape index (κ1) is 79.9. The normalized spacial score (nSPS) is 12.1. The third-order valence-corrected chi connectivity index (χ3v) is 17.2. The lowest BCUT2D eigenvalue weighted by Crippen LogP contribution is -2.30. The molecule has 0 radical (unpaired) electrons. The first-order valence-electron chi connectivity index (χ1n) is 37.3. The molecule has 0 N–H and O–H groups in total. The molecular formula is C76H144O6. The number of carbonyl (C=O) groups is 3. The van der Waals surface area contributed by atoms with Crippen LogP contribution in [0.1, 0.15) is 425 Å². The van der Waals surface area contributed by atoms with Gasteiger partial charge in [-0.3, -0.25) is 14.4 Å². The van der Waals surface area contributed by atoms with Gasteiger partial charge in [-0.15, -0.1) is 0 Å². The number of ether oxygens (including phenoxy) is 3. The molecule has 6 nitrogen and oxygen atoms in total. The van der Waals surface area contributed by atoms with E-state index >= 15 is 0 Å². The highest BCUT2D eigenvalue weighted by Crippen LogP contribution is 2.19. The first-order valence-corrected chi connectivity index (χ1v) is 37.3. The molecule has 0 aliphatic carbocycles. The molecule has 0 aromatic carbocycles. The first-order chi connectivity index (χ1) is 40.5. The zero-order valence-electron chi connectivity index (χ0n) is 55.8. The Morgan fingerprint density at radius 1 is 0.232 bits per heavy atom. The lowest BCUT2D eigenvalue weighted by atomic mass is 10.0. The van der Waals surface area contributed by atoms with Gasteiger partial charge >= 0.3 is 17.9 Å². The molecule has 0 spiro atoms. The van der Waals surface area contributed by atoms with E-state index in [4.69, 9.17) is 14.2 Å². The molecule has 0 saturated carbocycles. The van der Waals surface area contributed by atoms with E-state index in [1.165, 1.54) is 327 Å². The van der Waals surface area contributed by atoms with Crippen molar-refractivity contribution >= 4 is 17.9 Å². The minimum absolute atomic E-state index is 0.0646. The monoisotopic (exact) mass is 1150 g/mol. The average molecular weight is 1150 g/mol. The summed E-state index contributed by atoms with van der Waals surface area (Å²) in [5.74, 6) is -0.837. The Hall–Kier alpha value is -2.11. The summed E-state index contributed by atoms with van der Waals surface area (Å²) < 4.78 is 16.9. The highest BCUT2D eigenvalue weighted by Gasteiger charge is 2.20. The van der Waals surface area contributed by atoms with Crippen molar-refractivity contribution in [2.75, 3.05) is 13.2 Å². The maximum absolute atomic E-state index is 12.9. The molecule has 0 heterocycles. The van der Waals surface area contributed by atoms with Gasteiger partial charge in [0.2, 0.25) is 0 Å². The SMILES string of the molecule is CCCCCCCCCC/C=C\CCCCCCCCCCCCCCCCCCCC(=O)OCC(COC(=O)CCCCCCCCCC)OC(=O)CCCCCCCCCCCCCCCCC/C=C\CCCCCCCCCC. The molecule has 0 aliphatic rings. The highest BCUT2D eigenvalue weighted by atomic mass is 16.6. The van der Waals surface area contributed by atoms with Crippen LogP contribution in [0, 0.1) is 0 Å². The zero-order valence-corrected chi connectivity index (χ0v) is 55.8. The van der Waals surface area contributed by atoms with Crippen LogP contribution in [0.5, 0.6) is 0 Å². The molecule has 0 amide bonds. The summed E-state index contributed by atoms with van der Waals surface area (Å²) in [4.78, 5) is 38.3. The van der Waals surface area contributed by atoms with Crippen molar-refractivity contribution in [1.29, 1.82) is 0 Å². The van der Waals surface area contributed by atoms with Crippen LogP contribution in [0.4, 0.5) is 0 Å². The van der Waals surface area contributed by atoms with E-state index in [0.29, 0.717) is 19.3 Å². The molecule has 82 heavy (non-hydrogen) atoms. The van der Waals surface area contributed by atoms with Crippen molar-refractivity contribution in [3.63, 3.8) is 0 Å². The Morgan fingerprint density at radius 2 is 0.402 bits per heavy atom. The largest absolute Gasteiger partial charge is 0.462 e. The standard InChI is InChI=1S/C76H144O6/c1-4-7-10-13-16-19-21-23-25-27-29-31-33-35-37-38-40-41-43-45-47-49-51-53-55-57-60-63-66-69-75(78)81-72-73(71-80-74(77)68-65-62-59-18-15-12-9-6-3)82-76(79)70-67-64-61-58-56-54-52-50-48-46-44-42-39-36-34-32-30-28-26-24-22-20-17-14-11-8-5-2/h27-30,73H,4-26,31-72H2,1-3H3/b29-27-,30-28-. The van der Waals surface area contributed by atoms with Gasteiger partial charge in [0, 0.05) is 19.3 Å². The summed E-state index contributed by atoms with van der Waals surface area (Å²) >= 11 is 0. The fraction of sp³-hybridized carbons (Fsp3) is 0.908. The van der Waals surface area contributed by atoms with E-state index in [2.05, 4.69) is 45.1 Å². The topological polar surface area (TPSA) is 78.9 Å². The molecule has 6 heteroatoms. The van der Waals surface area contributed by atoms with E-state index in [-0.39, 0.29) is 31.1 Å². The van der Waals surface area contributed by atoms with Gasteiger partial charge < -0.3 is 14.2 Å². The lowest BCUT2D eigenvalue weighted by Gasteiger charge is -2.18. The quantitative estimate of drug-likeness (QED) is 0.0261. The molecule has 0 bridgehead atoms. The summed E-state index contributed by atoms with van der Waals surface area (Å²) in [7, 11) is 0. The molecule has 0 aromatic rings.